The van der Waals surface area contributed by atoms with Gasteiger partial charge in [0.1, 0.15) is 0 Å². The van der Waals surface area contributed by atoms with Crippen LogP contribution in [0.3, 0.4) is 0 Å². The first-order chi connectivity index (χ1) is 8.29. The van der Waals surface area contributed by atoms with Gasteiger partial charge in [-0.2, -0.15) is 0 Å². The SMILES string of the molecule is C/C=C\CN1CCN(C/C=C\CC)C1=O.CC. The van der Waals surface area contributed by atoms with E-state index in [1.165, 1.54) is 0 Å². The van der Waals surface area contributed by atoms with Crippen LogP contribution in [0, 0.1) is 0 Å². The molecule has 0 bridgehead atoms. The molecule has 0 radical (unpaired) electrons. The zero-order valence-corrected chi connectivity index (χ0v) is 11.6. The van der Waals surface area contributed by atoms with Crippen molar-refractivity contribution in [1.29, 1.82) is 0 Å². The monoisotopic (exact) mass is 238 g/mol. The van der Waals surface area contributed by atoms with E-state index in [4.69, 9.17) is 0 Å². The van der Waals surface area contributed by atoms with Crippen LogP contribution >= 0.6 is 0 Å². The molecule has 0 aromatic heterocycles. The maximum absolute atomic E-state index is 11.8. The first kappa shape index (κ1) is 15.8. The second kappa shape index (κ2) is 9.94. The van der Waals surface area contributed by atoms with Crippen LogP contribution in [0.25, 0.3) is 0 Å². The molecule has 0 unspecified atom stereocenters. The van der Waals surface area contributed by atoms with E-state index in [9.17, 15) is 4.79 Å². The number of carbonyl (C=O) groups is 1. The first-order valence-corrected chi connectivity index (χ1v) is 6.59. The maximum Gasteiger partial charge on any atom is 0.320 e. The Morgan fingerprint density at radius 3 is 2.06 bits per heavy atom. The molecule has 1 fully saturated rings. The van der Waals surface area contributed by atoms with E-state index < -0.39 is 0 Å². The molecular formula is C14H26N2O. The molecule has 1 rings (SSSR count). The van der Waals surface area contributed by atoms with E-state index in [1.54, 1.807) is 0 Å². The van der Waals surface area contributed by atoms with Gasteiger partial charge in [0.15, 0.2) is 0 Å². The summed E-state index contributed by atoms with van der Waals surface area (Å²) < 4.78 is 0. The van der Waals surface area contributed by atoms with Crippen molar-refractivity contribution in [2.75, 3.05) is 26.2 Å². The number of hydrogen-bond donors (Lipinski definition) is 0. The van der Waals surface area contributed by atoms with E-state index in [0.717, 1.165) is 32.6 Å². The van der Waals surface area contributed by atoms with Gasteiger partial charge in [-0.3, -0.25) is 0 Å². The average molecular weight is 238 g/mol. The van der Waals surface area contributed by atoms with Gasteiger partial charge in [-0.1, -0.05) is 45.1 Å². The van der Waals surface area contributed by atoms with E-state index >= 15 is 0 Å². The lowest BCUT2D eigenvalue weighted by Crippen LogP contribution is -2.32. The Balaban J connectivity index is 0.00000121. The molecule has 0 aromatic carbocycles. The maximum atomic E-state index is 11.8. The molecule has 1 heterocycles. The molecule has 2 amide bonds. The summed E-state index contributed by atoms with van der Waals surface area (Å²) >= 11 is 0. The zero-order valence-electron chi connectivity index (χ0n) is 11.6. The lowest BCUT2D eigenvalue weighted by atomic mass is 10.4. The van der Waals surface area contributed by atoms with Gasteiger partial charge in [-0.25, -0.2) is 4.79 Å². The third kappa shape index (κ3) is 5.57. The summed E-state index contributed by atoms with van der Waals surface area (Å²) in [4.78, 5) is 15.5. The van der Waals surface area contributed by atoms with Crippen LogP contribution < -0.4 is 0 Å². The Hall–Kier alpha value is -1.25. The van der Waals surface area contributed by atoms with Gasteiger partial charge in [0.05, 0.1) is 0 Å². The van der Waals surface area contributed by atoms with Crippen molar-refractivity contribution in [3.05, 3.63) is 24.3 Å². The van der Waals surface area contributed by atoms with Gasteiger partial charge in [0, 0.05) is 26.2 Å². The minimum Gasteiger partial charge on any atom is -0.319 e. The second-order valence-corrected chi connectivity index (χ2v) is 3.62. The number of rotatable bonds is 5. The average Bonchev–Trinajstić information content (AvgIpc) is 2.71. The quantitative estimate of drug-likeness (QED) is 0.674. The molecule has 0 aromatic rings. The van der Waals surface area contributed by atoms with E-state index in [2.05, 4.69) is 19.1 Å². The van der Waals surface area contributed by atoms with Crippen LogP contribution in [0.15, 0.2) is 24.3 Å². The molecule has 98 valence electrons. The number of urea groups is 1. The van der Waals surface area contributed by atoms with E-state index in [-0.39, 0.29) is 6.03 Å². The largest absolute Gasteiger partial charge is 0.320 e. The van der Waals surface area contributed by atoms with Crippen molar-refractivity contribution in [3.8, 4) is 0 Å². The summed E-state index contributed by atoms with van der Waals surface area (Å²) in [7, 11) is 0. The molecule has 1 aliphatic rings. The van der Waals surface area contributed by atoms with E-state index in [0.29, 0.717) is 0 Å². The summed E-state index contributed by atoms with van der Waals surface area (Å²) in [6, 6.07) is 0.161. The molecule has 1 aliphatic heterocycles. The number of nitrogens with zero attached hydrogens (tertiary/aromatic N) is 2. The predicted molar refractivity (Wildman–Crippen MR) is 74.1 cm³/mol. The molecule has 0 spiro atoms. The third-order valence-electron chi connectivity index (χ3n) is 2.47. The van der Waals surface area contributed by atoms with Crippen LogP contribution in [0.4, 0.5) is 4.79 Å². The van der Waals surface area contributed by atoms with Crippen molar-refractivity contribution < 1.29 is 4.79 Å². The number of carbonyl (C=O) groups excluding carboxylic acids is 1. The van der Waals surface area contributed by atoms with Crippen LogP contribution in [0.2, 0.25) is 0 Å². The standard InChI is InChI=1S/C12H20N2O.C2H6/c1-3-5-7-9-14-11-10-13(12(14)15)8-6-4-2;1-2/h4-7H,3,8-11H2,1-2H3;1-2H3/b6-4-,7-5-;. The van der Waals surface area contributed by atoms with Crippen molar-refractivity contribution in [2.24, 2.45) is 0 Å². The summed E-state index contributed by atoms with van der Waals surface area (Å²) in [5, 5.41) is 0. The molecular weight excluding hydrogens is 212 g/mol. The van der Waals surface area contributed by atoms with Crippen LogP contribution in [0.5, 0.6) is 0 Å². The van der Waals surface area contributed by atoms with Crippen molar-refractivity contribution in [2.45, 2.75) is 34.1 Å². The molecule has 0 N–H and O–H groups in total. The summed E-state index contributed by atoms with van der Waals surface area (Å²) in [6.45, 7) is 11.3. The van der Waals surface area contributed by atoms with Crippen LogP contribution in [-0.4, -0.2) is 42.0 Å². The van der Waals surface area contributed by atoms with Crippen LogP contribution in [0.1, 0.15) is 34.1 Å². The lowest BCUT2D eigenvalue weighted by Gasteiger charge is -2.15. The Labute approximate surface area is 106 Å². The van der Waals surface area contributed by atoms with Gasteiger partial charge in [-0.05, 0) is 13.3 Å². The molecule has 1 saturated heterocycles. The summed E-state index contributed by atoms with van der Waals surface area (Å²) in [5.41, 5.74) is 0. The molecule has 17 heavy (non-hydrogen) atoms. The van der Waals surface area contributed by atoms with Gasteiger partial charge < -0.3 is 9.80 Å². The fraction of sp³-hybridized carbons (Fsp3) is 0.643. The highest BCUT2D eigenvalue weighted by molar-refractivity contribution is 5.76. The topological polar surface area (TPSA) is 23.6 Å². The summed E-state index contributed by atoms with van der Waals surface area (Å²) in [6.07, 6.45) is 9.19. The fourth-order valence-electron chi connectivity index (χ4n) is 1.57. The minimum absolute atomic E-state index is 0.161. The smallest absolute Gasteiger partial charge is 0.319 e. The Morgan fingerprint density at radius 1 is 1.06 bits per heavy atom. The molecule has 0 atom stereocenters. The van der Waals surface area contributed by atoms with Crippen molar-refractivity contribution >= 4 is 6.03 Å². The van der Waals surface area contributed by atoms with E-state index in [1.807, 2.05) is 42.7 Å². The number of amides is 2. The molecule has 3 nitrogen and oxygen atoms in total. The molecule has 0 saturated carbocycles. The third-order valence-corrected chi connectivity index (χ3v) is 2.47. The Morgan fingerprint density at radius 2 is 1.59 bits per heavy atom. The second-order valence-electron chi connectivity index (χ2n) is 3.62. The molecule has 3 heteroatoms. The van der Waals surface area contributed by atoms with Crippen LogP contribution in [-0.2, 0) is 0 Å². The van der Waals surface area contributed by atoms with Crippen molar-refractivity contribution in [1.82, 2.24) is 9.80 Å². The normalized spacial score (nSPS) is 15.9. The first-order valence-electron chi connectivity index (χ1n) is 6.59. The highest BCUT2D eigenvalue weighted by atomic mass is 16.2. The van der Waals surface area contributed by atoms with Gasteiger partial charge in [0.2, 0.25) is 0 Å². The minimum atomic E-state index is 0.161. The zero-order chi connectivity index (χ0) is 13.1. The molecule has 0 aliphatic carbocycles. The van der Waals surface area contributed by atoms with Gasteiger partial charge in [-0.15, -0.1) is 0 Å². The Bertz CT molecular complexity index is 259. The highest BCUT2D eigenvalue weighted by Gasteiger charge is 2.25. The lowest BCUT2D eigenvalue weighted by molar-refractivity contribution is 0.199. The highest BCUT2D eigenvalue weighted by Crippen LogP contribution is 2.08. The van der Waals surface area contributed by atoms with Gasteiger partial charge in [0.25, 0.3) is 0 Å². The predicted octanol–water partition coefficient (Wildman–Crippen LogP) is 3.29. The van der Waals surface area contributed by atoms with Crippen molar-refractivity contribution in [3.63, 3.8) is 0 Å². The summed E-state index contributed by atoms with van der Waals surface area (Å²) in [5.74, 6) is 0. The fourth-order valence-corrected chi connectivity index (χ4v) is 1.57. The number of allylic oxidation sites excluding steroid dienone is 2. The number of hydrogen-bond acceptors (Lipinski definition) is 1. The Kier molecular flexibility index (Phi) is 9.21. The van der Waals surface area contributed by atoms with Gasteiger partial charge >= 0.3 is 6.03 Å².